The first kappa shape index (κ1) is 43.2. The molecule has 0 bridgehead atoms. The van der Waals surface area contributed by atoms with Crippen LogP contribution in [0.1, 0.15) is 219 Å². The van der Waals surface area contributed by atoms with Crippen LogP contribution in [-0.2, 0) is 19.1 Å². The first-order valence-corrected chi connectivity index (χ1v) is 20.0. The van der Waals surface area contributed by atoms with Gasteiger partial charge in [-0.05, 0) is 12.8 Å². The summed E-state index contributed by atoms with van der Waals surface area (Å²) in [5.74, 6) is -0.399. The van der Waals surface area contributed by atoms with Crippen LogP contribution in [0, 0.1) is 0 Å². The highest BCUT2D eigenvalue weighted by Gasteiger charge is 2.12. The molecule has 262 valence electrons. The number of carbonyl (C=O) groups excluding carboxylic acids is 2. The normalized spacial score (nSPS) is 11.4. The van der Waals surface area contributed by atoms with Gasteiger partial charge in [-0.25, -0.2) is 0 Å². The van der Waals surface area contributed by atoms with Crippen molar-refractivity contribution in [2.24, 2.45) is 0 Å². The third-order valence-corrected chi connectivity index (χ3v) is 9.07. The molecule has 0 aromatic rings. The highest BCUT2D eigenvalue weighted by molar-refractivity contribution is 6.21. The van der Waals surface area contributed by atoms with E-state index in [1.54, 1.807) is 0 Å². The molecule has 0 aromatic carbocycles. The SMILES string of the molecule is CCCCCCCCCCCCCCCCCC(=O)[18O]CC(Cl)C[18O]C(=O)CCCCCCCCCCCCCCCCC. The number of hydrogen-bond acceptors (Lipinski definition) is 4. The van der Waals surface area contributed by atoms with Crippen LogP contribution < -0.4 is 0 Å². The molecule has 0 aliphatic rings. The minimum atomic E-state index is -0.481. The average Bonchev–Trinajstić information content (AvgIpc) is 3.02. The second-order valence-electron chi connectivity index (χ2n) is 13.4. The van der Waals surface area contributed by atoms with Crippen molar-refractivity contribution in [1.29, 1.82) is 0 Å². The molecule has 0 aromatic heterocycles. The summed E-state index contributed by atoms with van der Waals surface area (Å²) in [4.78, 5) is 24.0. The number of halogens is 1. The Morgan fingerprint density at radius 3 is 0.818 bits per heavy atom. The van der Waals surface area contributed by atoms with Crippen molar-refractivity contribution >= 4 is 23.5 Å². The number of alkyl halides is 1. The first-order chi connectivity index (χ1) is 21.6. The second kappa shape index (κ2) is 36.7. The molecule has 0 radical (unpaired) electrons. The van der Waals surface area contributed by atoms with Crippen molar-refractivity contribution < 1.29 is 19.1 Å². The smallest absolute Gasteiger partial charge is 0.305 e. The van der Waals surface area contributed by atoms with E-state index in [2.05, 4.69) is 13.8 Å². The second-order valence-corrected chi connectivity index (χ2v) is 14.0. The molecule has 0 heterocycles. The summed E-state index contributed by atoms with van der Waals surface area (Å²) in [6.07, 6.45) is 40.1. The number of rotatable bonds is 36. The van der Waals surface area contributed by atoms with Gasteiger partial charge in [0.2, 0.25) is 0 Å². The van der Waals surface area contributed by atoms with E-state index in [1.807, 2.05) is 0 Å². The van der Waals surface area contributed by atoms with Crippen LogP contribution in [0.5, 0.6) is 0 Å². The van der Waals surface area contributed by atoms with Gasteiger partial charge in [-0.1, -0.05) is 194 Å². The summed E-state index contributed by atoms with van der Waals surface area (Å²) in [6, 6.07) is 0. The third-order valence-electron chi connectivity index (χ3n) is 8.82. The van der Waals surface area contributed by atoms with Crippen molar-refractivity contribution in [2.75, 3.05) is 13.2 Å². The van der Waals surface area contributed by atoms with E-state index in [0.29, 0.717) is 12.8 Å². The van der Waals surface area contributed by atoms with Crippen molar-refractivity contribution in [2.45, 2.75) is 225 Å². The molecule has 0 spiro atoms. The first-order valence-electron chi connectivity index (χ1n) is 19.5. The fourth-order valence-electron chi connectivity index (χ4n) is 5.84. The van der Waals surface area contributed by atoms with Crippen LogP contribution in [-0.4, -0.2) is 30.5 Å². The Bertz CT molecular complexity index is 547. The standard InChI is InChI=1S/C39H75ClO4/c1-3-5-7-9-11-13-15-17-19-21-23-25-27-29-31-33-38(41)43-35-37(40)36-44-39(42)34-32-30-28-26-24-22-20-18-16-14-12-10-8-6-4-2/h37H,3-36H2,1-2H3/i43+2,44+2. The molecule has 0 N–H and O–H groups in total. The van der Waals surface area contributed by atoms with Gasteiger partial charge in [0, 0.05) is 12.8 Å². The summed E-state index contributed by atoms with van der Waals surface area (Å²) in [5, 5.41) is -0.481. The zero-order valence-corrected chi connectivity index (χ0v) is 30.4. The maximum absolute atomic E-state index is 12.0. The highest BCUT2D eigenvalue weighted by Crippen LogP contribution is 2.15. The Morgan fingerprint density at radius 2 is 0.591 bits per heavy atom. The summed E-state index contributed by atoms with van der Waals surface area (Å²) in [5.41, 5.74) is 0. The van der Waals surface area contributed by atoms with Crippen LogP contribution >= 0.6 is 11.6 Å². The lowest BCUT2D eigenvalue weighted by Crippen LogP contribution is -2.21. The van der Waals surface area contributed by atoms with E-state index >= 15 is 0 Å². The maximum Gasteiger partial charge on any atom is 0.305 e. The van der Waals surface area contributed by atoms with Crippen molar-refractivity contribution in [3.05, 3.63) is 0 Å². The predicted molar refractivity (Wildman–Crippen MR) is 191 cm³/mol. The van der Waals surface area contributed by atoms with E-state index in [9.17, 15) is 9.59 Å². The third kappa shape index (κ3) is 35.7. The summed E-state index contributed by atoms with van der Waals surface area (Å²) < 4.78 is 10.6. The van der Waals surface area contributed by atoms with E-state index in [4.69, 9.17) is 21.1 Å². The van der Waals surface area contributed by atoms with E-state index < -0.39 is 5.38 Å². The minimum Gasteiger partial charge on any atom is -0.464 e. The van der Waals surface area contributed by atoms with Crippen molar-refractivity contribution in [3.8, 4) is 0 Å². The Balaban J connectivity index is 3.37. The fraction of sp³-hybridized carbons (Fsp3) is 0.949. The Morgan fingerprint density at radius 1 is 0.386 bits per heavy atom. The molecule has 0 aliphatic carbocycles. The van der Waals surface area contributed by atoms with Crippen LogP contribution in [0.25, 0.3) is 0 Å². The molecule has 0 amide bonds. The molecule has 0 saturated carbocycles. The molecule has 44 heavy (non-hydrogen) atoms. The zero-order valence-electron chi connectivity index (χ0n) is 29.6. The molecule has 0 rings (SSSR count). The minimum absolute atomic E-state index is 0.103. The number of ether oxygens (including phenoxy) is 2. The largest absolute Gasteiger partial charge is 0.464 e. The zero-order chi connectivity index (χ0) is 32.2. The molecular weight excluding hydrogens is 572 g/mol. The fourth-order valence-corrected chi connectivity index (χ4v) is 5.97. The van der Waals surface area contributed by atoms with Gasteiger partial charge in [0.25, 0.3) is 0 Å². The highest BCUT2D eigenvalue weighted by atomic mass is 35.5. The molecule has 0 unspecified atom stereocenters. The van der Waals surface area contributed by atoms with Gasteiger partial charge in [0.15, 0.2) is 0 Å². The lowest BCUT2D eigenvalue weighted by molar-refractivity contribution is -0.146. The summed E-state index contributed by atoms with van der Waals surface area (Å²) >= 11 is 6.21. The number of hydrogen-bond donors (Lipinski definition) is 0. The summed E-state index contributed by atoms with van der Waals surface area (Å²) in [7, 11) is 0. The average molecular weight is 647 g/mol. The van der Waals surface area contributed by atoms with E-state index in [1.165, 1.54) is 167 Å². The molecular formula is C39H75ClO4. The lowest BCUT2D eigenvalue weighted by atomic mass is 10.0. The molecule has 0 atom stereocenters. The Kier molecular flexibility index (Phi) is 36.1. The van der Waals surface area contributed by atoms with Gasteiger partial charge in [0.05, 0.1) is 0 Å². The lowest BCUT2D eigenvalue weighted by Gasteiger charge is -2.11. The summed E-state index contributed by atoms with van der Waals surface area (Å²) in [6.45, 7) is 4.75. The van der Waals surface area contributed by atoms with Gasteiger partial charge in [-0.2, -0.15) is 0 Å². The molecule has 0 aliphatic heterocycles. The van der Waals surface area contributed by atoms with Crippen LogP contribution in [0.4, 0.5) is 0 Å². The van der Waals surface area contributed by atoms with Crippen LogP contribution in [0.3, 0.4) is 0 Å². The topological polar surface area (TPSA) is 52.6 Å². The quantitative estimate of drug-likeness (QED) is 0.0294. The van der Waals surface area contributed by atoms with Gasteiger partial charge >= 0.3 is 11.9 Å². The number of unbranched alkanes of at least 4 members (excludes halogenated alkanes) is 28. The monoisotopic (exact) mass is 647 g/mol. The predicted octanol–water partition coefficient (Wildman–Crippen LogP) is 13.2. The van der Waals surface area contributed by atoms with E-state index in [-0.39, 0.29) is 25.2 Å². The van der Waals surface area contributed by atoms with Gasteiger partial charge in [0.1, 0.15) is 18.6 Å². The molecule has 0 fully saturated rings. The molecule has 4 nitrogen and oxygen atoms in total. The van der Waals surface area contributed by atoms with Gasteiger partial charge in [-0.15, -0.1) is 11.6 Å². The van der Waals surface area contributed by atoms with Crippen LogP contribution in [0.15, 0.2) is 0 Å². The molecule has 5 heteroatoms. The van der Waals surface area contributed by atoms with Crippen molar-refractivity contribution in [3.63, 3.8) is 0 Å². The Labute approximate surface area is 279 Å². The Hall–Kier alpha value is -0.770. The molecule has 0 saturated heterocycles. The number of carbonyl (C=O) groups is 2. The van der Waals surface area contributed by atoms with Gasteiger partial charge in [-0.3, -0.25) is 9.59 Å². The van der Waals surface area contributed by atoms with Crippen LogP contribution in [0.2, 0.25) is 0 Å². The van der Waals surface area contributed by atoms with Crippen molar-refractivity contribution in [1.82, 2.24) is 0 Å². The maximum atomic E-state index is 12.0. The number of esters is 2. The van der Waals surface area contributed by atoms with Gasteiger partial charge < -0.3 is 9.47 Å². The van der Waals surface area contributed by atoms with E-state index in [0.717, 1.165) is 25.7 Å².